The Balaban J connectivity index is 1.57. The molecule has 0 radical (unpaired) electrons. The molecule has 0 bridgehead atoms. The first-order valence-electron chi connectivity index (χ1n) is 6.03. The third-order valence-corrected chi connectivity index (χ3v) is 2.99. The Hall–Kier alpha value is -2.14. The molecule has 0 amide bonds. The van der Waals surface area contributed by atoms with Gasteiger partial charge in [-0.05, 0) is 11.6 Å². The van der Waals surface area contributed by atoms with Crippen LogP contribution in [0.4, 0.5) is 0 Å². The van der Waals surface area contributed by atoms with Gasteiger partial charge in [0.05, 0.1) is 0 Å². The highest BCUT2D eigenvalue weighted by Gasteiger charge is 2.02. The monoisotopic (exact) mass is 241 g/mol. The fourth-order valence-corrected chi connectivity index (χ4v) is 2.06. The first-order chi connectivity index (χ1) is 8.93. The number of rotatable bonds is 5. The molecule has 0 unspecified atom stereocenters. The van der Waals surface area contributed by atoms with Crippen molar-refractivity contribution in [2.45, 2.75) is 13.0 Å². The molecule has 92 valence electrons. The lowest BCUT2D eigenvalue weighted by molar-refractivity contribution is 0.674. The number of aromatic amines is 2. The average molecular weight is 241 g/mol. The molecule has 18 heavy (non-hydrogen) atoms. The highest BCUT2D eigenvalue weighted by atomic mass is 15.2. The van der Waals surface area contributed by atoms with Crippen molar-refractivity contribution in [3.8, 4) is 0 Å². The molecule has 0 fully saturated rings. The fourth-order valence-electron chi connectivity index (χ4n) is 2.06. The minimum Gasteiger partial charge on any atom is -0.361 e. The highest BCUT2D eigenvalue weighted by molar-refractivity contribution is 5.82. The Bertz CT molecular complexity index is 611. The van der Waals surface area contributed by atoms with Gasteiger partial charge in [-0.15, -0.1) is 0 Å². The lowest BCUT2D eigenvalue weighted by Gasteiger charge is -2.02. The summed E-state index contributed by atoms with van der Waals surface area (Å²) in [5, 5.41) is 11.4. The molecule has 3 rings (SSSR count). The number of aromatic nitrogens is 4. The number of hydrogen-bond acceptors (Lipinski definition) is 3. The van der Waals surface area contributed by atoms with Crippen molar-refractivity contribution in [1.29, 1.82) is 0 Å². The number of H-pyrrole nitrogens is 2. The van der Waals surface area contributed by atoms with E-state index < -0.39 is 0 Å². The van der Waals surface area contributed by atoms with Crippen molar-refractivity contribution >= 4 is 10.9 Å². The largest absolute Gasteiger partial charge is 0.361 e. The number of nitrogens with zero attached hydrogens (tertiary/aromatic N) is 2. The first kappa shape index (κ1) is 11.0. The average Bonchev–Trinajstić information content (AvgIpc) is 3.04. The van der Waals surface area contributed by atoms with E-state index in [0.717, 1.165) is 25.3 Å². The van der Waals surface area contributed by atoms with Gasteiger partial charge in [-0.1, -0.05) is 18.2 Å². The van der Waals surface area contributed by atoms with Crippen LogP contribution in [0.1, 0.15) is 11.4 Å². The van der Waals surface area contributed by atoms with E-state index in [2.05, 4.69) is 49.9 Å². The van der Waals surface area contributed by atoms with Crippen LogP contribution in [0.15, 0.2) is 36.8 Å². The first-order valence-corrected chi connectivity index (χ1v) is 6.03. The molecule has 2 aromatic heterocycles. The summed E-state index contributed by atoms with van der Waals surface area (Å²) in [6, 6.07) is 8.33. The van der Waals surface area contributed by atoms with Gasteiger partial charge < -0.3 is 10.3 Å². The summed E-state index contributed by atoms with van der Waals surface area (Å²) in [5.74, 6) is 0.918. The van der Waals surface area contributed by atoms with E-state index in [9.17, 15) is 0 Å². The molecule has 0 aliphatic heterocycles. The fraction of sp³-hybridized carbons (Fsp3) is 0.231. The van der Waals surface area contributed by atoms with Crippen molar-refractivity contribution in [2.75, 3.05) is 6.54 Å². The van der Waals surface area contributed by atoms with Gasteiger partial charge in [-0.3, -0.25) is 5.10 Å². The van der Waals surface area contributed by atoms with Crippen molar-refractivity contribution < 1.29 is 0 Å². The van der Waals surface area contributed by atoms with Gasteiger partial charge >= 0.3 is 0 Å². The molecular formula is C13H15N5. The zero-order valence-corrected chi connectivity index (χ0v) is 9.98. The predicted octanol–water partition coefficient (Wildman–Crippen LogP) is 1.62. The number of nitrogens with one attached hydrogen (secondary N) is 3. The smallest absolute Gasteiger partial charge is 0.137 e. The molecule has 5 heteroatoms. The van der Waals surface area contributed by atoms with E-state index in [0.29, 0.717) is 0 Å². The summed E-state index contributed by atoms with van der Waals surface area (Å²) < 4.78 is 0. The maximum absolute atomic E-state index is 4.09. The van der Waals surface area contributed by atoms with Gasteiger partial charge in [0.15, 0.2) is 0 Å². The Labute approximate surface area is 105 Å². The predicted molar refractivity (Wildman–Crippen MR) is 70.1 cm³/mol. The van der Waals surface area contributed by atoms with Gasteiger partial charge in [0.2, 0.25) is 0 Å². The van der Waals surface area contributed by atoms with E-state index in [-0.39, 0.29) is 0 Å². The van der Waals surface area contributed by atoms with Crippen LogP contribution in [0.3, 0.4) is 0 Å². The van der Waals surface area contributed by atoms with Crippen LogP contribution < -0.4 is 5.32 Å². The van der Waals surface area contributed by atoms with E-state index in [1.807, 2.05) is 6.07 Å². The van der Waals surface area contributed by atoms with Crippen molar-refractivity contribution in [1.82, 2.24) is 25.5 Å². The molecule has 1 aromatic carbocycles. The SMILES string of the molecule is c1ccc2c(CNCCc3ncn[nH]3)c[nH]c2c1. The Kier molecular flexibility index (Phi) is 3.06. The van der Waals surface area contributed by atoms with E-state index in [1.165, 1.54) is 22.8 Å². The molecule has 0 aliphatic carbocycles. The minimum atomic E-state index is 0.859. The van der Waals surface area contributed by atoms with Crippen molar-refractivity contribution in [3.05, 3.63) is 48.2 Å². The molecular weight excluding hydrogens is 226 g/mol. The summed E-state index contributed by atoms with van der Waals surface area (Å²) >= 11 is 0. The molecule has 5 nitrogen and oxygen atoms in total. The van der Waals surface area contributed by atoms with Gasteiger partial charge in [0.1, 0.15) is 12.2 Å². The van der Waals surface area contributed by atoms with Crippen LogP contribution in [0.2, 0.25) is 0 Å². The Morgan fingerprint density at radius 3 is 3.06 bits per heavy atom. The van der Waals surface area contributed by atoms with Crippen LogP contribution in [0.25, 0.3) is 10.9 Å². The quantitative estimate of drug-likeness (QED) is 0.594. The van der Waals surface area contributed by atoms with Gasteiger partial charge in [0, 0.05) is 36.6 Å². The summed E-state index contributed by atoms with van der Waals surface area (Å²) in [6.07, 6.45) is 4.46. The summed E-state index contributed by atoms with van der Waals surface area (Å²) in [4.78, 5) is 7.36. The van der Waals surface area contributed by atoms with E-state index >= 15 is 0 Å². The van der Waals surface area contributed by atoms with Crippen LogP contribution >= 0.6 is 0 Å². The van der Waals surface area contributed by atoms with Gasteiger partial charge in [0.25, 0.3) is 0 Å². The van der Waals surface area contributed by atoms with Crippen LogP contribution in [0.5, 0.6) is 0 Å². The normalized spacial score (nSPS) is 11.1. The third-order valence-electron chi connectivity index (χ3n) is 2.99. The molecule has 0 aliphatic rings. The van der Waals surface area contributed by atoms with E-state index in [4.69, 9.17) is 0 Å². The number of fused-ring (bicyclic) bond motifs is 1. The zero-order valence-electron chi connectivity index (χ0n) is 9.98. The summed E-state index contributed by atoms with van der Waals surface area (Å²) in [5.41, 5.74) is 2.48. The molecule has 0 saturated heterocycles. The Morgan fingerprint density at radius 2 is 2.17 bits per heavy atom. The molecule has 0 spiro atoms. The summed E-state index contributed by atoms with van der Waals surface area (Å²) in [6.45, 7) is 1.74. The van der Waals surface area contributed by atoms with Gasteiger partial charge in [-0.25, -0.2) is 4.98 Å². The lowest BCUT2D eigenvalue weighted by Crippen LogP contribution is -2.17. The number of benzene rings is 1. The highest BCUT2D eigenvalue weighted by Crippen LogP contribution is 2.17. The second-order valence-electron chi connectivity index (χ2n) is 4.22. The maximum Gasteiger partial charge on any atom is 0.137 e. The van der Waals surface area contributed by atoms with Crippen molar-refractivity contribution in [2.24, 2.45) is 0 Å². The van der Waals surface area contributed by atoms with Crippen LogP contribution in [0, 0.1) is 0 Å². The third kappa shape index (κ3) is 2.26. The van der Waals surface area contributed by atoms with Crippen LogP contribution in [-0.2, 0) is 13.0 Å². The molecule has 0 saturated carbocycles. The number of para-hydroxylation sites is 1. The van der Waals surface area contributed by atoms with Crippen LogP contribution in [-0.4, -0.2) is 26.7 Å². The molecule has 2 heterocycles. The van der Waals surface area contributed by atoms with Crippen molar-refractivity contribution in [3.63, 3.8) is 0 Å². The topological polar surface area (TPSA) is 69.4 Å². The second kappa shape index (κ2) is 5.01. The number of hydrogen-bond donors (Lipinski definition) is 3. The Morgan fingerprint density at radius 1 is 1.22 bits per heavy atom. The molecule has 0 atom stereocenters. The minimum absolute atomic E-state index is 0.859. The summed E-state index contributed by atoms with van der Waals surface area (Å²) in [7, 11) is 0. The van der Waals surface area contributed by atoms with E-state index in [1.54, 1.807) is 0 Å². The maximum atomic E-state index is 4.09. The second-order valence-corrected chi connectivity index (χ2v) is 4.22. The zero-order chi connectivity index (χ0) is 12.2. The lowest BCUT2D eigenvalue weighted by atomic mass is 10.2. The van der Waals surface area contributed by atoms with Gasteiger partial charge in [-0.2, -0.15) is 5.10 Å². The molecule has 3 N–H and O–H groups in total. The molecule has 3 aromatic rings. The standard InChI is InChI=1S/C13H15N5/c1-2-4-12-11(3-1)10(8-15-12)7-14-6-5-13-16-9-17-18-13/h1-4,8-9,14-15H,5-7H2,(H,16,17,18).